The molecule has 1 amide bonds. The van der Waals surface area contributed by atoms with Crippen molar-refractivity contribution in [3.8, 4) is 5.75 Å². The number of hydrazone groups is 1. The van der Waals surface area contributed by atoms with Crippen molar-refractivity contribution in [2.45, 2.75) is 39.5 Å². The van der Waals surface area contributed by atoms with Crippen molar-refractivity contribution in [1.29, 1.82) is 0 Å². The number of carbonyl (C=O) groups is 1. The van der Waals surface area contributed by atoms with E-state index in [1.807, 2.05) is 13.0 Å². The quantitative estimate of drug-likeness (QED) is 0.653. The standard InChI is InChI=1S/C18H23ClN2O2/c1-3-23-15-8-7-13(19)10-12(15)11-20-21-17(22)16-14-6-4-5-9-18(14,16)2/h7-8,10-11,14,16H,3-6,9H2,1-2H3,(H,21,22)/b20-11-/t14-,16+,18-/m1/s1. The van der Waals surface area contributed by atoms with Crippen LogP contribution in [0.1, 0.15) is 45.1 Å². The number of carbonyl (C=O) groups excluding carboxylic acids is 1. The number of halogens is 1. The lowest BCUT2D eigenvalue weighted by Gasteiger charge is -2.15. The Morgan fingerprint density at radius 1 is 1.52 bits per heavy atom. The van der Waals surface area contributed by atoms with Crippen LogP contribution in [0.5, 0.6) is 5.75 Å². The molecule has 2 aliphatic rings. The van der Waals surface area contributed by atoms with Crippen LogP contribution in [0.4, 0.5) is 0 Å². The minimum atomic E-state index is 0.0376. The summed E-state index contributed by atoms with van der Waals surface area (Å²) in [5.41, 5.74) is 3.66. The molecule has 0 spiro atoms. The van der Waals surface area contributed by atoms with Gasteiger partial charge in [-0.2, -0.15) is 5.10 Å². The maximum Gasteiger partial charge on any atom is 0.244 e. The molecule has 5 heteroatoms. The number of hydrogen-bond donors (Lipinski definition) is 1. The fourth-order valence-electron chi connectivity index (χ4n) is 3.99. The van der Waals surface area contributed by atoms with E-state index in [4.69, 9.17) is 16.3 Å². The van der Waals surface area contributed by atoms with Crippen LogP contribution in [-0.4, -0.2) is 18.7 Å². The third kappa shape index (κ3) is 3.23. The SMILES string of the molecule is CCOc1ccc(Cl)cc1/C=N\NC(=O)[C@@H]1[C@H]2CCCC[C@]21C. The summed E-state index contributed by atoms with van der Waals surface area (Å²) in [7, 11) is 0. The van der Waals surface area contributed by atoms with E-state index in [1.165, 1.54) is 19.3 Å². The second-order valence-electron chi connectivity index (χ2n) is 6.69. The van der Waals surface area contributed by atoms with E-state index in [2.05, 4.69) is 17.5 Å². The largest absolute Gasteiger partial charge is 0.493 e. The van der Waals surface area contributed by atoms with Crippen molar-refractivity contribution in [2.24, 2.45) is 22.4 Å². The Balaban J connectivity index is 1.63. The van der Waals surface area contributed by atoms with Crippen LogP contribution in [-0.2, 0) is 4.79 Å². The van der Waals surface area contributed by atoms with Gasteiger partial charge in [0, 0.05) is 16.5 Å². The zero-order chi connectivity index (χ0) is 16.4. The Kier molecular flexibility index (Phi) is 4.62. The summed E-state index contributed by atoms with van der Waals surface area (Å²) in [6.45, 7) is 4.72. The first-order valence-corrected chi connectivity index (χ1v) is 8.69. The molecule has 2 fully saturated rings. The smallest absolute Gasteiger partial charge is 0.244 e. The number of fused-ring (bicyclic) bond motifs is 1. The molecule has 1 aromatic rings. The summed E-state index contributed by atoms with van der Waals surface area (Å²) >= 11 is 6.02. The molecule has 3 rings (SSSR count). The predicted molar refractivity (Wildman–Crippen MR) is 91.9 cm³/mol. The van der Waals surface area contributed by atoms with Gasteiger partial charge in [0.2, 0.25) is 5.91 Å². The maximum atomic E-state index is 12.4. The number of nitrogens with one attached hydrogen (secondary N) is 1. The fraction of sp³-hybridized carbons (Fsp3) is 0.556. The zero-order valence-electron chi connectivity index (χ0n) is 13.6. The molecule has 0 aliphatic heterocycles. The summed E-state index contributed by atoms with van der Waals surface area (Å²) in [6, 6.07) is 5.37. The Morgan fingerprint density at radius 2 is 2.35 bits per heavy atom. The summed E-state index contributed by atoms with van der Waals surface area (Å²) in [5.74, 6) is 1.40. The number of hydrogen-bond acceptors (Lipinski definition) is 3. The van der Waals surface area contributed by atoms with Crippen LogP contribution in [0.15, 0.2) is 23.3 Å². The lowest BCUT2D eigenvalue weighted by atomic mass is 9.90. The van der Waals surface area contributed by atoms with Gasteiger partial charge in [-0.05, 0) is 49.3 Å². The molecule has 2 saturated carbocycles. The highest BCUT2D eigenvalue weighted by atomic mass is 35.5. The first-order chi connectivity index (χ1) is 11.1. The van der Waals surface area contributed by atoms with Crippen LogP contribution in [0.3, 0.4) is 0 Å². The second-order valence-corrected chi connectivity index (χ2v) is 7.12. The van der Waals surface area contributed by atoms with Crippen molar-refractivity contribution >= 4 is 23.7 Å². The molecule has 0 bridgehead atoms. The monoisotopic (exact) mass is 334 g/mol. The highest BCUT2D eigenvalue weighted by molar-refractivity contribution is 6.30. The van der Waals surface area contributed by atoms with Crippen molar-refractivity contribution < 1.29 is 9.53 Å². The van der Waals surface area contributed by atoms with Crippen molar-refractivity contribution in [3.05, 3.63) is 28.8 Å². The van der Waals surface area contributed by atoms with Crippen molar-refractivity contribution in [3.63, 3.8) is 0 Å². The Bertz CT molecular complexity index is 631. The average Bonchev–Trinajstić information content (AvgIpc) is 3.15. The number of benzene rings is 1. The fourth-order valence-corrected chi connectivity index (χ4v) is 4.17. The normalized spacial score (nSPS) is 29.2. The second kappa shape index (κ2) is 6.52. The van der Waals surface area contributed by atoms with E-state index in [9.17, 15) is 4.79 Å². The zero-order valence-corrected chi connectivity index (χ0v) is 14.4. The van der Waals surface area contributed by atoms with E-state index < -0.39 is 0 Å². The van der Waals surface area contributed by atoms with Crippen LogP contribution >= 0.6 is 11.6 Å². The lowest BCUT2D eigenvalue weighted by molar-refractivity contribution is -0.123. The first-order valence-electron chi connectivity index (χ1n) is 8.31. The molecule has 1 aromatic carbocycles. The van der Waals surface area contributed by atoms with Gasteiger partial charge in [0.15, 0.2) is 0 Å². The molecule has 0 unspecified atom stereocenters. The number of amides is 1. The Morgan fingerprint density at radius 3 is 3.04 bits per heavy atom. The average molecular weight is 335 g/mol. The van der Waals surface area contributed by atoms with Gasteiger partial charge in [0.1, 0.15) is 5.75 Å². The molecule has 124 valence electrons. The summed E-state index contributed by atoms with van der Waals surface area (Å²) in [4.78, 5) is 12.4. The minimum Gasteiger partial charge on any atom is -0.493 e. The van der Waals surface area contributed by atoms with E-state index in [-0.39, 0.29) is 17.2 Å². The molecule has 2 aliphatic carbocycles. The predicted octanol–water partition coefficient (Wildman–Crippen LogP) is 4.02. The minimum absolute atomic E-state index is 0.0376. The molecule has 4 nitrogen and oxygen atoms in total. The summed E-state index contributed by atoms with van der Waals surface area (Å²) in [6.07, 6.45) is 6.40. The first kappa shape index (κ1) is 16.3. The van der Waals surface area contributed by atoms with Gasteiger partial charge in [0.05, 0.1) is 12.8 Å². The topological polar surface area (TPSA) is 50.7 Å². The highest BCUT2D eigenvalue weighted by Gasteiger charge is 2.64. The molecular formula is C18H23ClN2O2. The Labute approximate surface area is 142 Å². The van der Waals surface area contributed by atoms with Crippen molar-refractivity contribution in [1.82, 2.24) is 5.43 Å². The van der Waals surface area contributed by atoms with Crippen LogP contribution in [0, 0.1) is 17.3 Å². The van der Waals surface area contributed by atoms with E-state index >= 15 is 0 Å². The van der Waals surface area contributed by atoms with E-state index in [1.54, 1.807) is 18.3 Å². The van der Waals surface area contributed by atoms with Crippen LogP contribution in [0.2, 0.25) is 5.02 Å². The molecule has 3 atom stereocenters. The lowest BCUT2D eigenvalue weighted by Crippen LogP contribution is -2.22. The van der Waals surface area contributed by atoms with Crippen LogP contribution in [0.25, 0.3) is 0 Å². The van der Waals surface area contributed by atoms with Gasteiger partial charge in [0.25, 0.3) is 0 Å². The summed E-state index contributed by atoms with van der Waals surface area (Å²) < 4.78 is 5.54. The molecule has 0 saturated heterocycles. The Hall–Kier alpha value is -1.55. The molecule has 23 heavy (non-hydrogen) atoms. The van der Waals surface area contributed by atoms with Gasteiger partial charge in [-0.25, -0.2) is 5.43 Å². The summed E-state index contributed by atoms with van der Waals surface area (Å²) in [5, 5.41) is 4.73. The highest BCUT2D eigenvalue weighted by Crippen LogP contribution is 2.66. The third-order valence-corrected chi connectivity index (χ3v) is 5.50. The van der Waals surface area contributed by atoms with Crippen LogP contribution < -0.4 is 10.2 Å². The number of ether oxygens (including phenoxy) is 1. The van der Waals surface area contributed by atoms with Gasteiger partial charge in [-0.3, -0.25) is 4.79 Å². The van der Waals surface area contributed by atoms with Gasteiger partial charge in [-0.1, -0.05) is 31.4 Å². The molecule has 1 N–H and O–H groups in total. The molecule has 0 aromatic heterocycles. The van der Waals surface area contributed by atoms with E-state index in [0.717, 1.165) is 12.0 Å². The van der Waals surface area contributed by atoms with Gasteiger partial charge >= 0.3 is 0 Å². The number of nitrogens with zero attached hydrogens (tertiary/aromatic N) is 1. The molecular weight excluding hydrogens is 312 g/mol. The third-order valence-electron chi connectivity index (χ3n) is 5.26. The van der Waals surface area contributed by atoms with Crippen molar-refractivity contribution in [2.75, 3.05) is 6.61 Å². The molecule has 0 heterocycles. The van der Waals surface area contributed by atoms with Gasteiger partial charge < -0.3 is 4.74 Å². The van der Waals surface area contributed by atoms with Gasteiger partial charge in [-0.15, -0.1) is 0 Å². The maximum absolute atomic E-state index is 12.4. The number of rotatable bonds is 5. The molecule has 0 radical (unpaired) electrons. The van der Waals surface area contributed by atoms with E-state index in [0.29, 0.717) is 23.3 Å².